The van der Waals surface area contributed by atoms with Crippen LogP contribution >= 0.6 is 0 Å². The van der Waals surface area contributed by atoms with Gasteiger partial charge in [0.25, 0.3) is 11.8 Å². The Morgan fingerprint density at radius 2 is 1.94 bits per heavy atom. The molecule has 6 N–H and O–H groups in total. The average molecular weight is 473 g/mol. The normalized spacial score (nSPS) is 12.0. The number of amides is 2. The van der Waals surface area contributed by atoms with Crippen LogP contribution in [0.1, 0.15) is 24.2 Å². The molecule has 0 spiro atoms. The van der Waals surface area contributed by atoms with Gasteiger partial charge in [-0.05, 0) is 44.2 Å². The number of hydrogen-bond donors (Lipinski definition) is 5. The van der Waals surface area contributed by atoms with Crippen molar-refractivity contribution in [1.82, 2.24) is 20.5 Å². The Morgan fingerprint density at radius 1 is 1.21 bits per heavy atom. The molecule has 2 heterocycles. The summed E-state index contributed by atoms with van der Waals surface area (Å²) in [4.78, 5) is 29.9. The summed E-state index contributed by atoms with van der Waals surface area (Å²) >= 11 is 0. The predicted octanol–water partition coefficient (Wildman–Crippen LogP) is 3.73. The third-order valence-electron chi connectivity index (χ3n) is 4.53. The van der Waals surface area contributed by atoms with Crippen molar-refractivity contribution in [1.29, 1.82) is 0 Å². The van der Waals surface area contributed by atoms with Gasteiger partial charge >= 0.3 is 6.18 Å². The topological polar surface area (TPSA) is 138 Å². The van der Waals surface area contributed by atoms with Crippen LogP contribution in [0.4, 0.5) is 30.4 Å². The van der Waals surface area contributed by atoms with Crippen molar-refractivity contribution in [3.05, 3.63) is 66.1 Å². The van der Waals surface area contributed by atoms with Gasteiger partial charge in [0.2, 0.25) is 0 Å². The van der Waals surface area contributed by atoms with Crippen LogP contribution in [0.2, 0.25) is 0 Å². The quantitative estimate of drug-likeness (QED) is 0.262. The van der Waals surface area contributed by atoms with Crippen LogP contribution in [0.5, 0.6) is 0 Å². The number of nitrogen functional groups attached to an aromatic ring is 1. The second-order valence-electron chi connectivity index (χ2n) is 7.55. The molecule has 9 nitrogen and oxygen atoms in total. The lowest BCUT2D eigenvalue weighted by Crippen LogP contribution is -2.31. The first-order valence-electron chi connectivity index (χ1n) is 10.0. The summed E-state index contributed by atoms with van der Waals surface area (Å²) in [5, 5.41) is 14.9. The average Bonchev–Trinajstić information content (AvgIpc) is 3.21. The molecule has 0 radical (unpaired) electrons. The molecule has 0 aliphatic heterocycles. The van der Waals surface area contributed by atoms with E-state index < -0.39 is 29.3 Å². The van der Waals surface area contributed by atoms with Crippen molar-refractivity contribution in [2.75, 3.05) is 16.4 Å². The highest BCUT2D eigenvalue weighted by Crippen LogP contribution is 2.28. The van der Waals surface area contributed by atoms with Crippen LogP contribution in [0.3, 0.4) is 0 Å². The third kappa shape index (κ3) is 5.52. The van der Waals surface area contributed by atoms with Gasteiger partial charge in [-0.2, -0.15) is 18.3 Å². The Hall–Kier alpha value is -4.35. The van der Waals surface area contributed by atoms with Gasteiger partial charge in [0.1, 0.15) is 5.70 Å². The fourth-order valence-corrected chi connectivity index (χ4v) is 2.94. The number of alkyl halides is 3. The number of aromatic nitrogens is 3. The summed E-state index contributed by atoms with van der Waals surface area (Å²) in [5.74, 6) is -1.51. The summed E-state index contributed by atoms with van der Waals surface area (Å²) in [6.07, 6.45) is -1.39. The van der Waals surface area contributed by atoms with E-state index in [2.05, 4.69) is 37.7 Å². The molecule has 12 heteroatoms. The fourth-order valence-electron chi connectivity index (χ4n) is 2.94. The zero-order valence-corrected chi connectivity index (χ0v) is 18.2. The lowest BCUT2D eigenvalue weighted by molar-refractivity contribution is -0.112. The van der Waals surface area contributed by atoms with Crippen molar-refractivity contribution < 1.29 is 22.8 Å². The van der Waals surface area contributed by atoms with Crippen LogP contribution in [-0.2, 0) is 4.79 Å². The number of nitrogens with two attached hydrogens (primary N) is 1. The van der Waals surface area contributed by atoms with Crippen molar-refractivity contribution in [3.8, 4) is 0 Å². The zero-order chi connectivity index (χ0) is 25.0. The molecule has 0 aliphatic carbocycles. The van der Waals surface area contributed by atoms with Crippen LogP contribution in [0, 0.1) is 0 Å². The molecular weight excluding hydrogens is 451 g/mol. The molecule has 0 fully saturated rings. The van der Waals surface area contributed by atoms with Gasteiger partial charge in [0.15, 0.2) is 5.82 Å². The monoisotopic (exact) mass is 473 g/mol. The van der Waals surface area contributed by atoms with Gasteiger partial charge < -0.3 is 21.7 Å². The fraction of sp³-hybridized carbons (Fsp3) is 0.182. The second kappa shape index (κ2) is 9.65. The number of rotatable bonds is 7. The number of allylic oxidation sites excluding steroid dienone is 2. The number of anilines is 3. The molecule has 178 valence electrons. The second-order valence-corrected chi connectivity index (χ2v) is 7.55. The summed E-state index contributed by atoms with van der Waals surface area (Å²) in [6, 6.07) is 5.83. The van der Waals surface area contributed by atoms with Gasteiger partial charge in [-0.1, -0.05) is 6.58 Å². The molecule has 1 aromatic carbocycles. The van der Waals surface area contributed by atoms with Crippen LogP contribution in [-0.4, -0.2) is 39.2 Å². The van der Waals surface area contributed by atoms with Crippen LogP contribution < -0.4 is 21.7 Å². The van der Waals surface area contributed by atoms with E-state index in [-0.39, 0.29) is 28.8 Å². The number of hydrogen-bond acceptors (Lipinski definition) is 6. The molecule has 2 aromatic heterocycles. The molecule has 0 unspecified atom stereocenters. The number of nitrogens with zero attached hydrogens (tertiary/aromatic N) is 2. The third-order valence-corrected chi connectivity index (χ3v) is 4.53. The number of nitrogens with one attached hydrogen (secondary N) is 4. The lowest BCUT2D eigenvalue weighted by atomic mass is 10.1. The van der Waals surface area contributed by atoms with Crippen LogP contribution in [0.15, 0.2) is 60.6 Å². The number of H-pyrrole nitrogens is 1. The van der Waals surface area contributed by atoms with E-state index >= 15 is 0 Å². The van der Waals surface area contributed by atoms with Gasteiger partial charge in [0, 0.05) is 17.6 Å². The van der Waals surface area contributed by atoms with Gasteiger partial charge in [-0.3, -0.25) is 14.7 Å². The van der Waals surface area contributed by atoms with Gasteiger partial charge in [-0.15, -0.1) is 0 Å². The largest absolute Gasteiger partial charge is 0.415 e. The highest BCUT2D eigenvalue weighted by molar-refractivity contribution is 6.15. The summed E-state index contributed by atoms with van der Waals surface area (Å²) in [6.45, 7) is 6.50. The highest BCUT2D eigenvalue weighted by Gasteiger charge is 2.31. The maximum atomic E-state index is 13.1. The minimum Gasteiger partial charge on any atom is -0.396 e. The van der Waals surface area contributed by atoms with E-state index in [9.17, 15) is 22.8 Å². The number of carbonyl (C=O) groups is 2. The summed E-state index contributed by atoms with van der Waals surface area (Å²) in [5.41, 5.74) is 4.58. The number of halogens is 3. The number of aromatic amines is 1. The molecule has 0 bridgehead atoms. The Labute approximate surface area is 192 Å². The number of carbonyl (C=O) groups excluding carboxylic acids is 2. The van der Waals surface area contributed by atoms with Crippen molar-refractivity contribution in [2.24, 2.45) is 0 Å². The molecule has 3 rings (SSSR count). The van der Waals surface area contributed by atoms with E-state index in [1.807, 2.05) is 0 Å². The summed E-state index contributed by atoms with van der Waals surface area (Å²) in [7, 11) is 0. The van der Waals surface area contributed by atoms with E-state index in [1.54, 1.807) is 19.9 Å². The first kappa shape index (κ1) is 24.3. The standard InChI is InChI=1S/C22H22F3N7O2/c1-11(2)29-21(34)17-15(7-6-13-10-28-32-18(13)17)31-20(33)16(9-12(3)22(23,24)25)30-19-14(26)5-4-8-27-19/h4-11H,3,26H2,1-2H3,(H,27,30)(H,28,32)(H,29,34)(H,31,33)/b16-9-. The number of pyridine rings is 1. The smallest absolute Gasteiger partial charge is 0.396 e. The molecule has 0 saturated heterocycles. The Morgan fingerprint density at radius 3 is 2.59 bits per heavy atom. The molecule has 0 saturated carbocycles. The van der Waals surface area contributed by atoms with Crippen molar-refractivity contribution >= 4 is 39.9 Å². The number of fused-ring (bicyclic) bond motifs is 1. The first-order valence-corrected chi connectivity index (χ1v) is 10.0. The molecule has 0 aliphatic rings. The summed E-state index contributed by atoms with van der Waals surface area (Å²) < 4.78 is 39.4. The van der Waals surface area contributed by atoms with Gasteiger partial charge in [0.05, 0.1) is 34.2 Å². The van der Waals surface area contributed by atoms with Gasteiger partial charge in [-0.25, -0.2) is 4.98 Å². The van der Waals surface area contributed by atoms with E-state index in [0.29, 0.717) is 17.0 Å². The Kier molecular flexibility index (Phi) is 6.89. The molecule has 2 amide bonds. The van der Waals surface area contributed by atoms with Crippen molar-refractivity contribution in [3.63, 3.8) is 0 Å². The van der Waals surface area contributed by atoms with E-state index in [1.165, 1.54) is 30.6 Å². The zero-order valence-electron chi connectivity index (χ0n) is 18.2. The Bertz CT molecular complexity index is 1280. The molecule has 3 aromatic rings. The SMILES string of the molecule is C=C(/C=C(\Nc1ncccc1N)C(=O)Nc1ccc2cn[nH]c2c1C(=O)NC(C)C)C(F)(F)F. The van der Waals surface area contributed by atoms with Crippen molar-refractivity contribution in [2.45, 2.75) is 26.1 Å². The number of benzene rings is 1. The Balaban J connectivity index is 2.02. The lowest BCUT2D eigenvalue weighted by Gasteiger charge is -2.17. The molecule has 34 heavy (non-hydrogen) atoms. The van der Waals surface area contributed by atoms with E-state index in [4.69, 9.17) is 5.73 Å². The van der Waals surface area contributed by atoms with E-state index in [0.717, 1.165) is 0 Å². The molecule has 0 atom stereocenters. The van der Waals surface area contributed by atoms with Crippen LogP contribution in [0.25, 0.3) is 10.9 Å². The minimum atomic E-state index is -4.78. The first-order chi connectivity index (χ1) is 16.0. The predicted molar refractivity (Wildman–Crippen MR) is 123 cm³/mol. The minimum absolute atomic E-state index is 0.0272. The maximum absolute atomic E-state index is 13.1. The molecular formula is C22H22F3N7O2. The maximum Gasteiger partial charge on any atom is 0.415 e. The highest BCUT2D eigenvalue weighted by atomic mass is 19.4.